The van der Waals surface area contributed by atoms with Crippen LogP contribution >= 0.6 is 11.6 Å². The molecule has 3 aliphatic rings. The van der Waals surface area contributed by atoms with E-state index in [-0.39, 0.29) is 23.7 Å². The second kappa shape index (κ2) is 12.6. The Kier molecular flexibility index (Phi) is 9.79. The molecule has 0 amide bonds. The molecule has 238 valence electrons. The van der Waals surface area contributed by atoms with Crippen LogP contribution in [0.2, 0.25) is 44.3 Å². The first-order valence-corrected chi connectivity index (χ1v) is 23.6. The van der Waals surface area contributed by atoms with E-state index in [0.717, 1.165) is 25.0 Å². The lowest BCUT2D eigenvalue weighted by Crippen LogP contribution is -2.64. The molecule has 3 fully saturated rings. The minimum Gasteiger partial charge on any atom is -0.412 e. The lowest BCUT2D eigenvalue weighted by molar-refractivity contribution is -0.339. The zero-order chi connectivity index (χ0) is 31.2. The third kappa shape index (κ3) is 7.52. The second-order valence-electron chi connectivity index (χ2n) is 15.3. The lowest BCUT2D eigenvalue weighted by atomic mass is 9.82. The van der Waals surface area contributed by atoms with Gasteiger partial charge in [-0.3, -0.25) is 0 Å². The van der Waals surface area contributed by atoms with E-state index in [1.807, 2.05) is 18.2 Å². The normalized spacial score (nSPS) is 31.2. The van der Waals surface area contributed by atoms with Crippen molar-refractivity contribution in [3.8, 4) is 0 Å². The lowest BCUT2D eigenvalue weighted by Gasteiger charge is -2.53. The number of rotatable bonds is 9. The molecule has 0 aromatic heterocycles. The molecule has 5 rings (SSSR count). The van der Waals surface area contributed by atoms with Crippen LogP contribution in [-0.4, -0.2) is 52.3 Å². The van der Waals surface area contributed by atoms with Gasteiger partial charge in [0.05, 0.1) is 24.4 Å². The van der Waals surface area contributed by atoms with E-state index < -0.39 is 28.5 Å². The van der Waals surface area contributed by atoms with E-state index in [1.165, 1.54) is 36.8 Å². The maximum absolute atomic E-state index is 12.5. The molecule has 2 heterocycles. The van der Waals surface area contributed by atoms with Crippen molar-refractivity contribution >= 4 is 28.2 Å². The molecule has 1 saturated carbocycles. The molecule has 2 aromatic rings. The summed E-state index contributed by atoms with van der Waals surface area (Å²) < 4.78 is 26.5. The molecule has 2 aromatic carbocycles. The number of hydrogen-bond donors (Lipinski definition) is 1. The van der Waals surface area contributed by atoms with Crippen molar-refractivity contribution in [2.45, 2.75) is 134 Å². The number of benzene rings is 2. The van der Waals surface area contributed by atoms with E-state index in [0.29, 0.717) is 22.9 Å². The van der Waals surface area contributed by atoms with Gasteiger partial charge in [-0.2, -0.15) is 0 Å². The molecule has 6 atom stereocenters. The molecular weight excluding hydrogens is 592 g/mol. The Hall–Kier alpha value is -1.04. The molecule has 1 N–H and O–H groups in total. The highest BCUT2D eigenvalue weighted by atomic mass is 35.5. The Morgan fingerprint density at radius 3 is 2.21 bits per heavy atom. The molecule has 1 aliphatic carbocycles. The first-order chi connectivity index (χ1) is 20.1. The van der Waals surface area contributed by atoms with Gasteiger partial charge in [0, 0.05) is 22.4 Å². The molecule has 0 bridgehead atoms. The van der Waals surface area contributed by atoms with Crippen LogP contribution in [0, 0.1) is 5.92 Å². The summed E-state index contributed by atoms with van der Waals surface area (Å²) >= 11 is 6.79. The van der Waals surface area contributed by atoms with Gasteiger partial charge in [-0.05, 0) is 100 Å². The molecule has 5 nitrogen and oxygen atoms in total. The maximum Gasteiger partial charge on any atom is 0.221 e. The van der Waals surface area contributed by atoms with Gasteiger partial charge in [-0.25, -0.2) is 0 Å². The largest absolute Gasteiger partial charge is 0.412 e. The quantitative estimate of drug-likeness (QED) is 0.277. The minimum absolute atomic E-state index is 0.0810. The predicted molar refractivity (Wildman–Crippen MR) is 180 cm³/mol. The van der Waals surface area contributed by atoms with E-state index >= 15 is 0 Å². The van der Waals surface area contributed by atoms with Gasteiger partial charge < -0.3 is 23.4 Å². The van der Waals surface area contributed by atoms with Gasteiger partial charge in [0.1, 0.15) is 6.10 Å². The zero-order valence-corrected chi connectivity index (χ0v) is 30.3. The zero-order valence-electron chi connectivity index (χ0n) is 27.5. The number of hydrogen-bond acceptors (Lipinski definition) is 5. The Labute approximate surface area is 266 Å². The van der Waals surface area contributed by atoms with Crippen molar-refractivity contribution in [2.24, 2.45) is 5.92 Å². The molecule has 43 heavy (non-hydrogen) atoms. The molecule has 8 heteroatoms. The van der Waals surface area contributed by atoms with Crippen LogP contribution in [0.3, 0.4) is 0 Å². The van der Waals surface area contributed by atoms with Gasteiger partial charge in [0.2, 0.25) is 5.79 Å². The Morgan fingerprint density at radius 2 is 1.60 bits per heavy atom. The van der Waals surface area contributed by atoms with Gasteiger partial charge in [0.25, 0.3) is 0 Å². The van der Waals surface area contributed by atoms with Crippen molar-refractivity contribution in [1.29, 1.82) is 0 Å². The SMILES string of the molecule is CC[C@H]1OC(O)(c2ccc(Cl)c(Cc3ccc(C4COC5(CCCC5)C4)cc3)c2)[C@H](O[Si](C)(C)C)[C@@H](O[Si](C)(C)C)[C@@H]1C. The van der Waals surface area contributed by atoms with E-state index in [2.05, 4.69) is 77.4 Å². The molecular formula is C35H53ClO5Si2. The number of ether oxygens (including phenoxy) is 2. The fourth-order valence-corrected chi connectivity index (χ4v) is 9.79. The van der Waals surface area contributed by atoms with Crippen LogP contribution in [0.1, 0.15) is 80.5 Å². The van der Waals surface area contributed by atoms with E-state index in [9.17, 15) is 5.11 Å². The van der Waals surface area contributed by atoms with E-state index in [4.69, 9.17) is 29.9 Å². The van der Waals surface area contributed by atoms with Gasteiger partial charge in [0.15, 0.2) is 16.6 Å². The van der Waals surface area contributed by atoms with Crippen LogP contribution in [-0.2, 0) is 30.5 Å². The molecule has 0 radical (unpaired) electrons. The van der Waals surface area contributed by atoms with Crippen LogP contribution in [0.4, 0.5) is 0 Å². The monoisotopic (exact) mass is 644 g/mol. The smallest absolute Gasteiger partial charge is 0.221 e. The summed E-state index contributed by atoms with van der Waals surface area (Å²) in [5.74, 6) is -1.10. The van der Waals surface area contributed by atoms with Crippen LogP contribution in [0.25, 0.3) is 0 Å². The summed E-state index contributed by atoms with van der Waals surface area (Å²) in [4.78, 5) is 0. The second-order valence-corrected chi connectivity index (χ2v) is 24.6. The summed E-state index contributed by atoms with van der Waals surface area (Å²) in [6, 6.07) is 14.7. The average molecular weight is 645 g/mol. The van der Waals surface area contributed by atoms with Crippen molar-refractivity contribution in [3.05, 3.63) is 69.7 Å². The Morgan fingerprint density at radius 1 is 0.953 bits per heavy atom. The van der Waals surface area contributed by atoms with E-state index in [1.54, 1.807) is 0 Å². The van der Waals surface area contributed by atoms with Crippen molar-refractivity contribution < 1.29 is 23.4 Å². The highest BCUT2D eigenvalue weighted by Gasteiger charge is 2.56. The molecule has 2 aliphatic heterocycles. The van der Waals surface area contributed by atoms with Gasteiger partial charge in [-0.15, -0.1) is 0 Å². The Balaban J connectivity index is 1.42. The molecule has 2 saturated heterocycles. The first-order valence-electron chi connectivity index (χ1n) is 16.4. The highest BCUT2D eigenvalue weighted by Crippen LogP contribution is 2.47. The summed E-state index contributed by atoms with van der Waals surface area (Å²) in [6.07, 6.45) is 6.48. The standard InChI is InChI=1S/C35H53ClO5Si2/c1-9-31-24(2)32(40-42(3,4)5)33(41-43(6,7)8)35(37,39-31)29-16-17-30(36)27(21-29)20-25-12-14-26(15-13-25)28-22-34(38-23-28)18-10-11-19-34/h12-17,21,24,28,31-33,37H,9-11,18-20,22-23H2,1-8H3/t24-,28?,31-,32+,33-,35?/m1/s1. The topological polar surface area (TPSA) is 57.2 Å². The molecule has 1 spiro atoms. The van der Waals surface area contributed by atoms with Crippen molar-refractivity contribution in [3.63, 3.8) is 0 Å². The van der Waals surface area contributed by atoms with Crippen molar-refractivity contribution in [2.75, 3.05) is 6.61 Å². The third-order valence-corrected chi connectivity index (χ3v) is 11.8. The fraction of sp³-hybridized carbons (Fsp3) is 0.657. The highest BCUT2D eigenvalue weighted by molar-refractivity contribution is 6.70. The van der Waals surface area contributed by atoms with Crippen LogP contribution in [0.15, 0.2) is 42.5 Å². The summed E-state index contributed by atoms with van der Waals surface area (Å²) in [5, 5.41) is 13.2. The van der Waals surface area contributed by atoms with Gasteiger partial charge in [-0.1, -0.05) is 68.6 Å². The summed E-state index contributed by atoms with van der Waals surface area (Å²) in [5.41, 5.74) is 4.30. The third-order valence-electron chi connectivity index (χ3n) is 9.52. The number of halogens is 1. The maximum atomic E-state index is 12.5. The summed E-state index contributed by atoms with van der Waals surface area (Å²) in [7, 11) is -4.06. The molecule has 2 unspecified atom stereocenters. The van der Waals surface area contributed by atoms with Gasteiger partial charge >= 0.3 is 0 Å². The fourth-order valence-electron chi connectivity index (χ4n) is 7.39. The van der Waals surface area contributed by atoms with Crippen molar-refractivity contribution in [1.82, 2.24) is 0 Å². The van der Waals surface area contributed by atoms with Crippen LogP contribution in [0.5, 0.6) is 0 Å². The first kappa shape index (κ1) is 33.3. The Bertz CT molecular complexity index is 1250. The minimum atomic E-state index is -2.10. The van der Waals surface area contributed by atoms with Crippen LogP contribution < -0.4 is 0 Å². The predicted octanol–water partition coefficient (Wildman–Crippen LogP) is 8.78. The number of aliphatic hydroxyl groups is 1. The summed E-state index contributed by atoms with van der Waals surface area (Å²) in [6.45, 7) is 18.1. The average Bonchev–Trinajstić information content (AvgIpc) is 3.58.